The minimum Gasteiger partial charge on any atom is -0.486 e. The molecule has 0 unspecified atom stereocenters. The minimum absolute atomic E-state index is 0.0234. The number of aromatic nitrogens is 1. The van der Waals surface area contributed by atoms with E-state index in [1.165, 1.54) is 0 Å². The first-order chi connectivity index (χ1) is 13.0. The molecular formula is C18H19N3O6. The summed E-state index contributed by atoms with van der Waals surface area (Å²) < 4.78 is 15.7. The summed E-state index contributed by atoms with van der Waals surface area (Å²) in [4.78, 5) is 35.8. The Morgan fingerprint density at radius 2 is 1.81 bits per heavy atom. The van der Waals surface area contributed by atoms with Crippen LogP contribution in [-0.4, -0.2) is 42.5 Å². The molecular weight excluding hydrogens is 354 g/mol. The molecule has 3 rings (SSSR count). The SMILES string of the molecule is Cc1cc(NC(=O)CNC(=O)CCC(=O)c2ccc3c(c2)OCCO3)no1. The molecule has 0 radical (unpaired) electrons. The molecule has 1 aromatic carbocycles. The zero-order valence-electron chi connectivity index (χ0n) is 14.7. The van der Waals surface area contributed by atoms with Crippen LogP contribution in [0.2, 0.25) is 0 Å². The monoisotopic (exact) mass is 373 g/mol. The van der Waals surface area contributed by atoms with Crippen LogP contribution in [0.1, 0.15) is 29.0 Å². The number of anilines is 1. The summed E-state index contributed by atoms with van der Waals surface area (Å²) in [5, 5.41) is 8.57. The lowest BCUT2D eigenvalue weighted by molar-refractivity contribution is -0.124. The summed E-state index contributed by atoms with van der Waals surface area (Å²) in [6.07, 6.45) is -0.000793. The van der Waals surface area contributed by atoms with E-state index >= 15 is 0 Å². The van der Waals surface area contributed by atoms with Crippen LogP contribution in [0.5, 0.6) is 11.5 Å². The van der Waals surface area contributed by atoms with Crippen LogP contribution < -0.4 is 20.1 Å². The molecule has 2 aromatic rings. The molecule has 0 fully saturated rings. The van der Waals surface area contributed by atoms with Crippen molar-refractivity contribution in [1.29, 1.82) is 0 Å². The Morgan fingerprint density at radius 1 is 1.04 bits per heavy atom. The molecule has 0 aliphatic carbocycles. The van der Waals surface area contributed by atoms with Crippen molar-refractivity contribution in [3.63, 3.8) is 0 Å². The smallest absolute Gasteiger partial charge is 0.245 e. The van der Waals surface area contributed by atoms with Crippen LogP contribution >= 0.6 is 0 Å². The largest absolute Gasteiger partial charge is 0.486 e. The number of carbonyl (C=O) groups is 3. The average Bonchev–Trinajstić information content (AvgIpc) is 3.08. The van der Waals surface area contributed by atoms with Crippen LogP contribution in [0.4, 0.5) is 5.82 Å². The van der Waals surface area contributed by atoms with Crippen molar-refractivity contribution < 1.29 is 28.4 Å². The van der Waals surface area contributed by atoms with Crippen molar-refractivity contribution in [2.24, 2.45) is 0 Å². The third-order valence-electron chi connectivity index (χ3n) is 3.78. The van der Waals surface area contributed by atoms with E-state index in [2.05, 4.69) is 15.8 Å². The predicted molar refractivity (Wildman–Crippen MR) is 93.9 cm³/mol. The number of hydrogen-bond acceptors (Lipinski definition) is 7. The average molecular weight is 373 g/mol. The second-order valence-electron chi connectivity index (χ2n) is 5.93. The zero-order valence-corrected chi connectivity index (χ0v) is 14.7. The fraction of sp³-hybridized carbons (Fsp3) is 0.333. The lowest BCUT2D eigenvalue weighted by atomic mass is 10.1. The number of fused-ring (bicyclic) bond motifs is 1. The quantitative estimate of drug-likeness (QED) is 0.705. The number of carbonyl (C=O) groups excluding carboxylic acids is 3. The Bertz CT molecular complexity index is 861. The van der Waals surface area contributed by atoms with E-state index in [1.807, 2.05) is 0 Å². The van der Waals surface area contributed by atoms with Gasteiger partial charge in [-0.25, -0.2) is 0 Å². The van der Waals surface area contributed by atoms with Crippen molar-refractivity contribution in [2.45, 2.75) is 19.8 Å². The summed E-state index contributed by atoms with van der Waals surface area (Å²) in [5.41, 5.74) is 0.450. The molecule has 9 nitrogen and oxygen atoms in total. The van der Waals surface area contributed by atoms with Crippen LogP contribution in [0.25, 0.3) is 0 Å². The lowest BCUT2D eigenvalue weighted by Crippen LogP contribution is -2.33. The Labute approximate surface area is 155 Å². The number of ketones is 1. The highest BCUT2D eigenvalue weighted by Gasteiger charge is 2.16. The normalized spacial score (nSPS) is 12.3. The zero-order chi connectivity index (χ0) is 19.2. The topological polar surface area (TPSA) is 120 Å². The Balaban J connectivity index is 1.42. The van der Waals surface area contributed by atoms with Crippen molar-refractivity contribution in [3.05, 3.63) is 35.6 Å². The number of amides is 2. The number of aryl methyl sites for hydroxylation is 1. The summed E-state index contributed by atoms with van der Waals surface area (Å²) in [6, 6.07) is 6.49. The maximum atomic E-state index is 12.2. The molecule has 27 heavy (non-hydrogen) atoms. The number of nitrogens with zero attached hydrogens (tertiary/aromatic N) is 1. The highest BCUT2D eigenvalue weighted by molar-refractivity contribution is 5.99. The highest BCUT2D eigenvalue weighted by atomic mass is 16.6. The van der Waals surface area contributed by atoms with Gasteiger partial charge in [-0.15, -0.1) is 0 Å². The van der Waals surface area contributed by atoms with Gasteiger partial charge < -0.3 is 24.6 Å². The van der Waals surface area contributed by atoms with Crippen LogP contribution in [0.15, 0.2) is 28.8 Å². The number of nitrogens with one attached hydrogen (secondary N) is 2. The highest BCUT2D eigenvalue weighted by Crippen LogP contribution is 2.31. The maximum Gasteiger partial charge on any atom is 0.245 e. The summed E-state index contributed by atoms with van der Waals surface area (Å²) >= 11 is 0. The summed E-state index contributed by atoms with van der Waals surface area (Å²) in [7, 11) is 0. The third-order valence-corrected chi connectivity index (χ3v) is 3.78. The third kappa shape index (κ3) is 5.06. The van der Waals surface area contributed by atoms with E-state index in [4.69, 9.17) is 14.0 Å². The fourth-order valence-electron chi connectivity index (χ4n) is 2.47. The lowest BCUT2D eigenvalue weighted by Gasteiger charge is -2.18. The molecule has 1 aliphatic rings. The minimum atomic E-state index is -0.435. The van der Waals surface area contributed by atoms with Gasteiger partial charge in [0.25, 0.3) is 0 Å². The molecule has 0 saturated heterocycles. The van der Waals surface area contributed by atoms with E-state index in [-0.39, 0.29) is 31.0 Å². The van der Waals surface area contributed by atoms with Crippen molar-refractivity contribution >= 4 is 23.4 Å². The molecule has 0 bridgehead atoms. The number of hydrogen-bond donors (Lipinski definition) is 2. The Kier molecular flexibility index (Phi) is 5.70. The number of benzene rings is 1. The second kappa shape index (κ2) is 8.35. The van der Waals surface area contributed by atoms with Gasteiger partial charge in [0.2, 0.25) is 11.8 Å². The van der Waals surface area contributed by atoms with Gasteiger partial charge in [-0.2, -0.15) is 0 Å². The second-order valence-corrected chi connectivity index (χ2v) is 5.93. The van der Waals surface area contributed by atoms with Gasteiger partial charge in [-0.05, 0) is 25.1 Å². The molecule has 0 atom stereocenters. The fourth-order valence-corrected chi connectivity index (χ4v) is 2.47. The van der Waals surface area contributed by atoms with Gasteiger partial charge >= 0.3 is 0 Å². The van der Waals surface area contributed by atoms with E-state index in [0.29, 0.717) is 36.0 Å². The first-order valence-electron chi connectivity index (χ1n) is 8.44. The van der Waals surface area contributed by atoms with Crippen molar-refractivity contribution in [1.82, 2.24) is 10.5 Å². The van der Waals surface area contributed by atoms with Gasteiger partial charge in [-0.3, -0.25) is 14.4 Å². The Morgan fingerprint density at radius 3 is 2.56 bits per heavy atom. The van der Waals surface area contributed by atoms with E-state index in [0.717, 1.165) is 0 Å². The van der Waals surface area contributed by atoms with E-state index in [9.17, 15) is 14.4 Å². The maximum absolute atomic E-state index is 12.2. The number of ether oxygens (including phenoxy) is 2. The molecule has 9 heteroatoms. The van der Waals surface area contributed by atoms with Crippen molar-refractivity contribution in [2.75, 3.05) is 25.1 Å². The molecule has 2 amide bonds. The molecule has 2 heterocycles. The van der Waals surface area contributed by atoms with Crippen LogP contribution in [-0.2, 0) is 9.59 Å². The predicted octanol–water partition coefficient (Wildman–Crippen LogP) is 1.47. The molecule has 142 valence electrons. The number of Topliss-reactive ketones (excluding diaryl/α,β-unsaturated/α-hetero) is 1. The van der Waals surface area contributed by atoms with Crippen molar-refractivity contribution in [3.8, 4) is 11.5 Å². The van der Waals surface area contributed by atoms with Gasteiger partial charge in [0.1, 0.15) is 19.0 Å². The molecule has 1 aliphatic heterocycles. The first kappa shape index (κ1) is 18.4. The molecule has 1 aromatic heterocycles. The van der Waals surface area contributed by atoms with Gasteiger partial charge in [0, 0.05) is 24.5 Å². The van der Waals surface area contributed by atoms with Gasteiger partial charge in [-0.1, -0.05) is 5.16 Å². The van der Waals surface area contributed by atoms with Crippen LogP contribution in [0.3, 0.4) is 0 Å². The molecule has 2 N–H and O–H groups in total. The Hall–Kier alpha value is -3.36. The van der Waals surface area contributed by atoms with E-state index in [1.54, 1.807) is 31.2 Å². The number of rotatable bonds is 7. The van der Waals surface area contributed by atoms with Crippen LogP contribution in [0, 0.1) is 6.92 Å². The molecule has 0 spiro atoms. The first-order valence-corrected chi connectivity index (χ1v) is 8.44. The summed E-state index contributed by atoms with van der Waals surface area (Å²) in [5.74, 6) is 0.944. The standard InChI is InChI=1S/C18H19N3O6/c1-11-8-16(21-27-11)20-18(24)10-19-17(23)5-3-13(22)12-2-4-14-15(9-12)26-7-6-25-14/h2,4,8-9H,3,5-7,10H2,1H3,(H,19,23)(H,20,21,24). The van der Waals surface area contributed by atoms with Gasteiger partial charge in [0.05, 0.1) is 6.54 Å². The summed E-state index contributed by atoms with van der Waals surface area (Å²) in [6.45, 7) is 2.39. The van der Waals surface area contributed by atoms with E-state index < -0.39 is 11.8 Å². The van der Waals surface area contributed by atoms with Gasteiger partial charge in [0.15, 0.2) is 23.1 Å². The molecule has 0 saturated carbocycles.